The van der Waals surface area contributed by atoms with E-state index >= 15 is 0 Å². The van der Waals surface area contributed by atoms with Crippen molar-refractivity contribution in [3.63, 3.8) is 0 Å². The summed E-state index contributed by atoms with van der Waals surface area (Å²) in [6, 6.07) is 6.10. The van der Waals surface area contributed by atoms with E-state index < -0.39 is 0 Å². The molecule has 6 nitrogen and oxygen atoms in total. The summed E-state index contributed by atoms with van der Waals surface area (Å²) in [5.74, 6) is -0.319. The van der Waals surface area contributed by atoms with E-state index in [1.54, 1.807) is 16.8 Å². The molecular weight excluding hydrogens is 371 g/mol. The number of benzene rings is 1. The molecule has 0 saturated carbocycles. The first-order valence-corrected chi connectivity index (χ1v) is 10.5. The number of aromatic nitrogens is 2. The smallest absolute Gasteiger partial charge is 0.227 e. The molecule has 1 aromatic carbocycles. The van der Waals surface area contributed by atoms with Crippen LogP contribution < -0.4 is 0 Å². The van der Waals surface area contributed by atoms with E-state index in [0.717, 1.165) is 25.2 Å². The van der Waals surface area contributed by atoms with Gasteiger partial charge in [0.15, 0.2) is 0 Å². The molecule has 0 radical (unpaired) electrons. The number of rotatable bonds is 5. The Labute approximate surface area is 171 Å². The van der Waals surface area contributed by atoms with Gasteiger partial charge in [-0.2, -0.15) is 5.10 Å². The molecule has 4 rings (SSSR count). The minimum absolute atomic E-state index is 0.00334. The molecule has 0 bridgehead atoms. The van der Waals surface area contributed by atoms with Crippen molar-refractivity contribution in [1.82, 2.24) is 19.6 Å². The van der Waals surface area contributed by atoms with E-state index in [1.165, 1.54) is 31.4 Å². The lowest BCUT2D eigenvalue weighted by Gasteiger charge is -2.43. The van der Waals surface area contributed by atoms with Crippen molar-refractivity contribution in [2.24, 2.45) is 7.05 Å². The number of amides is 1. The van der Waals surface area contributed by atoms with Crippen molar-refractivity contribution in [3.05, 3.63) is 53.6 Å². The highest BCUT2D eigenvalue weighted by Gasteiger charge is 2.38. The SMILES string of the molecule is Cn1cc([C@H]2[C@H](CN3CCCCC3)OCCN2C(=O)Cc2cccc(F)c2)cn1. The van der Waals surface area contributed by atoms with Gasteiger partial charge in [-0.05, 0) is 43.6 Å². The second kappa shape index (κ2) is 9.05. The summed E-state index contributed by atoms with van der Waals surface area (Å²) in [6.45, 7) is 4.02. The number of hydrogen-bond acceptors (Lipinski definition) is 4. The standard InChI is InChI=1S/C22H29FN4O2/c1-25-15-18(14-24-25)22-20(16-26-8-3-2-4-9-26)29-11-10-27(22)21(28)13-17-6-5-7-19(23)12-17/h5-7,12,14-15,20,22H,2-4,8-11,13,16H2,1H3/t20-,22-/m0/s1. The molecule has 0 unspecified atom stereocenters. The highest BCUT2D eigenvalue weighted by atomic mass is 19.1. The highest BCUT2D eigenvalue weighted by Crippen LogP contribution is 2.31. The van der Waals surface area contributed by atoms with Crippen LogP contribution in [0.3, 0.4) is 0 Å². The van der Waals surface area contributed by atoms with E-state index in [9.17, 15) is 9.18 Å². The third-order valence-corrected chi connectivity index (χ3v) is 5.87. The number of halogens is 1. The van der Waals surface area contributed by atoms with E-state index in [1.807, 2.05) is 24.3 Å². The van der Waals surface area contributed by atoms with E-state index in [0.29, 0.717) is 18.7 Å². The largest absolute Gasteiger partial charge is 0.373 e. The Kier molecular flexibility index (Phi) is 6.25. The number of piperidine rings is 1. The zero-order chi connectivity index (χ0) is 20.2. The maximum atomic E-state index is 13.6. The van der Waals surface area contributed by atoms with Crippen LogP contribution in [0.4, 0.5) is 4.39 Å². The fourth-order valence-corrected chi connectivity index (χ4v) is 4.47. The molecule has 1 aromatic heterocycles. The summed E-state index contributed by atoms with van der Waals surface area (Å²) in [4.78, 5) is 17.6. The Morgan fingerprint density at radius 3 is 2.79 bits per heavy atom. The summed E-state index contributed by atoms with van der Waals surface area (Å²) < 4.78 is 21.5. The van der Waals surface area contributed by atoms with Crippen molar-refractivity contribution >= 4 is 5.91 Å². The molecule has 0 N–H and O–H groups in total. The predicted octanol–water partition coefficient (Wildman–Crippen LogP) is 2.56. The van der Waals surface area contributed by atoms with Crippen LogP contribution in [0.2, 0.25) is 0 Å². The normalized spacial score (nSPS) is 23.3. The number of hydrogen-bond donors (Lipinski definition) is 0. The lowest BCUT2D eigenvalue weighted by Crippen LogP contribution is -2.52. The van der Waals surface area contributed by atoms with Gasteiger partial charge in [0.05, 0.1) is 31.4 Å². The first-order valence-electron chi connectivity index (χ1n) is 10.5. The molecule has 3 heterocycles. The van der Waals surface area contributed by atoms with E-state index in [-0.39, 0.29) is 30.3 Å². The van der Waals surface area contributed by atoms with Crippen LogP contribution in [0.25, 0.3) is 0 Å². The lowest BCUT2D eigenvalue weighted by molar-refractivity contribution is -0.148. The second-order valence-electron chi connectivity index (χ2n) is 8.06. The van der Waals surface area contributed by atoms with E-state index in [4.69, 9.17) is 4.74 Å². The van der Waals surface area contributed by atoms with Gasteiger partial charge >= 0.3 is 0 Å². The number of morpholine rings is 1. The number of ether oxygens (including phenoxy) is 1. The Hall–Kier alpha value is -2.25. The molecule has 7 heteroatoms. The van der Waals surface area contributed by atoms with Crippen LogP contribution in [0.5, 0.6) is 0 Å². The Morgan fingerprint density at radius 1 is 1.24 bits per heavy atom. The molecule has 2 aromatic rings. The minimum atomic E-state index is -0.316. The molecule has 2 atom stereocenters. The van der Waals surface area contributed by atoms with Gasteiger partial charge in [0.2, 0.25) is 5.91 Å². The van der Waals surface area contributed by atoms with Crippen molar-refractivity contribution in [1.29, 1.82) is 0 Å². The fourth-order valence-electron chi connectivity index (χ4n) is 4.47. The highest BCUT2D eigenvalue weighted by molar-refractivity contribution is 5.79. The van der Waals surface area contributed by atoms with Crippen LogP contribution in [0, 0.1) is 5.82 Å². The maximum Gasteiger partial charge on any atom is 0.227 e. The number of nitrogens with zero attached hydrogens (tertiary/aromatic N) is 4. The number of aryl methyl sites for hydroxylation is 1. The average Bonchev–Trinajstić information content (AvgIpc) is 3.14. The molecule has 1 amide bonds. The molecule has 2 aliphatic heterocycles. The Balaban J connectivity index is 1.55. The number of carbonyl (C=O) groups is 1. The molecule has 2 aliphatic rings. The first-order chi connectivity index (χ1) is 14.1. The van der Waals surface area contributed by atoms with Crippen LogP contribution in [0.1, 0.15) is 36.4 Å². The molecule has 0 spiro atoms. The molecule has 2 fully saturated rings. The van der Waals surface area contributed by atoms with Gasteiger partial charge in [-0.15, -0.1) is 0 Å². The summed E-state index contributed by atoms with van der Waals surface area (Å²) in [7, 11) is 1.88. The topological polar surface area (TPSA) is 50.6 Å². The lowest BCUT2D eigenvalue weighted by atomic mass is 9.98. The zero-order valence-electron chi connectivity index (χ0n) is 17.0. The summed E-state index contributed by atoms with van der Waals surface area (Å²) in [6.07, 6.45) is 7.59. The van der Waals surface area contributed by atoms with Crippen molar-refractivity contribution in [2.75, 3.05) is 32.8 Å². The van der Waals surface area contributed by atoms with Crippen molar-refractivity contribution in [2.45, 2.75) is 37.8 Å². The number of carbonyl (C=O) groups excluding carboxylic acids is 1. The molecule has 0 aliphatic carbocycles. The van der Waals surface area contributed by atoms with Crippen LogP contribution in [-0.4, -0.2) is 64.4 Å². The van der Waals surface area contributed by atoms with Crippen LogP contribution in [0.15, 0.2) is 36.7 Å². The van der Waals surface area contributed by atoms with Gasteiger partial charge < -0.3 is 14.5 Å². The fraction of sp³-hybridized carbons (Fsp3) is 0.545. The Bertz CT molecular complexity index is 834. The van der Waals surface area contributed by atoms with Crippen LogP contribution >= 0.6 is 0 Å². The quantitative estimate of drug-likeness (QED) is 0.774. The van der Waals surface area contributed by atoms with Crippen LogP contribution in [-0.2, 0) is 23.0 Å². The third kappa shape index (κ3) is 4.85. The van der Waals surface area contributed by atoms with Crippen molar-refractivity contribution in [3.8, 4) is 0 Å². The minimum Gasteiger partial charge on any atom is -0.373 e. The number of likely N-dealkylation sites (tertiary alicyclic amines) is 1. The van der Waals surface area contributed by atoms with Gasteiger partial charge in [0.25, 0.3) is 0 Å². The summed E-state index contributed by atoms with van der Waals surface area (Å²) in [5, 5.41) is 4.32. The Morgan fingerprint density at radius 2 is 2.07 bits per heavy atom. The van der Waals surface area contributed by atoms with Crippen molar-refractivity contribution < 1.29 is 13.9 Å². The molecule has 29 heavy (non-hydrogen) atoms. The monoisotopic (exact) mass is 400 g/mol. The average molecular weight is 400 g/mol. The van der Waals surface area contributed by atoms with Gasteiger partial charge in [0, 0.05) is 31.9 Å². The van der Waals surface area contributed by atoms with Gasteiger partial charge in [-0.3, -0.25) is 9.48 Å². The van der Waals surface area contributed by atoms with Gasteiger partial charge in [-0.1, -0.05) is 18.6 Å². The molecular formula is C22H29FN4O2. The summed E-state index contributed by atoms with van der Waals surface area (Å²) >= 11 is 0. The third-order valence-electron chi connectivity index (χ3n) is 5.87. The zero-order valence-corrected chi connectivity index (χ0v) is 17.0. The molecule has 156 valence electrons. The van der Waals surface area contributed by atoms with E-state index in [2.05, 4.69) is 10.00 Å². The predicted molar refractivity (Wildman–Crippen MR) is 108 cm³/mol. The maximum absolute atomic E-state index is 13.6. The van der Waals surface area contributed by atoms with Gasteiger partial charge in [-0.25, -0.2) is 4.39 Å². The second-order valence-corrected chi connectivity index (χ2v) is 8.06. The van der Waals surface area contributed by atoms with Gasteiger partial charge in [0.1, 0.15) is 5.82 Å². The first kappa shape index (κ1) is 20.0. The summed E-state index contributed by atoms with van der Waals surface area (Å²) in [5.41, 5.74) is 1.68. The molecule has 2 saturated heterocycles.